The van der Waals surface area contributed by atoms with E-state index in [0.717, 1.165) is 40.5 Å². The first kappa shape index (κ1) is 13.2. The molecule has 5 heteroatoms. The van der Waals surface area contributed by atoms with Gasteiger partial charge in [-0.1, -0.05) is 0 Å². The zero-order chi connectivity index (χ0) is 13.2. The molecule has 100 valence electrons. The minimum atomic E-state index is 0.725. The first-order chi connectivity index (χ1) is 9.26. The predicted octanol–water partition coefficient (Wildman–Crippen LogP) is 3.29. The second-order valence-corrected chi connectivity index (χ2v) is 6.79. The zero-order valence-corrected chi connectivity index (χ0v) is 13.2. The standard InChI is InChI=1S/C14H16BrN3S/c1-16-6-9-2-3-12-10(4-9)7-17-14(18-12)13-5-11(15)8-19-13/h5,7-9,16H,2-4,6H2,1H3. The van der Waals surface area contributed by atoms with Gasteiger partial charge in [-0.05, 0) is 66.3 Å². The molecule has 1 aliphatic rings. The van der Waals surface area contributed by atoms with Gasteiger partial charge in [0.25, 0.3) is 0 Å². The Morgan fingerprint density at radius 2 is 2.42 bits per heavy atom. The lowest BCUT2D eigenvalue weighted by Crippen LogP contribution is -2.25. The molecule has 0 radical (unpaired) electrons. The van der Waals surface area contributed by atoms with Crippen molar-refractivity contribution in [3.05, 3.63) is 33.4 Å². The molecule has 0 bridgehead atoms. The van der Waals surface area contributed by atoms with Gasteiger partial charge in [0, 0.05) is 21.7 Å². The summed E-state index contributed by atoms with van der Waals surface area (Å²) in [5.41, 5.74) is 2.56. The lowest BCUT2D eigenvalue weighted by Gasteiger charge is -2.23. The van der Waals surface area contributed by atoms with E-state index in [0.29, 0.717) is 0 Å². The van der Waals surface area contributed by atoms with E-state index in [2.05, 4.69) is 37.7 Å². The summed E-state index contributed by atoms with van der Waals surface area (Å²) >= 11 is 5.16. The Balaban J connectivity index is 1.85. The third-order valence-corrected chi connectivity index (χ3v) is 5.22. The van der Waals surface area contributed by atoms with Crippen LogP contribution in [0.25, 0.3) is 10.7 Å². The van der Waals surface area contributed by atoms with Crippen molar-refractivity contribution in [3.63, 3.8) is 0 Å². The average Bonchev–Trinajstić information content (AvgIpc) is 2.85. The summed E-state index contributed by atoms with van der Waals surface area (Å²) in [5, 5.41) is 5.33. The number of hydrogen-bond donors (Lipinski definition) is 1. The minimum Gasteiger partial charge on any atom is -0.319 e. The van der Waals surface area contributed by atoms with Gasteiger partial charge in [0.2, 0.25) is 0 Å². The molecule has 1 aliphatic carbocycles. The first-order valence-electron chi connectivity index (χ1n) is 6.50. The Labute approximate surface area is 125 Å². The smallest absolute Gasteiger partial charge is 0.169 e. The van der Waals surface area contributed by atoms with Crippen LogP contribution in [0.1, 0.15) is 17.7 Å². The molecule has 0 aromatic carbocycles. The van der Waals surface area contributed by atoms with E-state index in [1.54, 1.807) is 11.3 Å². The van der Waals surface area contributed by atoms with Gasteiger partial charge in [0.05, 0.1) is 4.88 Å². The fourth-order valence-corrected chi connectivity index (χ4v) is 3.96. The van der Waals surface area contributed by atoms with Gasteiger partial charge in [0.1, 0.15) is 0 Å². The second-order valence-electron chi connectivity index (χ2n) is 4.96. The van der Waals surface area contributed by atoms with Gasteiger partial charge in [-0.2, -0.15) is 0 Å². The molecule has 0 saturated heterocycles. The number of rotatable bonds is 3. The summed E-state index contributed by atoms with van der Waals surface area (Å²) < 4.78 is 1.10. The van der Waals surface area contributed by atoms with Crippen LogP contribution in [0.3, 0.4) is 0 Å². The van der Waals surface area contributed by atoms with Gasteiger partial charge >= 0.3 is 0 Å². The highest BCUT2D eigenvalue weighted by Crippen LogP contribution is 2.30. The molecule has 2 aromatic heterocycles. The Morgan fingerprint density at radius 3 is 3.16 bits per heavy atom. The van der Waals surface area contributed by atoms with Crippen LogP contribution >= 0.6 is 27.3 Å². The van der Waals surface area contributed by atoms with Crippen molar-refractivity contribution in [2.75, 3.05) is 13.6 Å². The SMILES string of the molecule is CNCC1CCc2nc(-c3cc(Br)cs3)ncc2C1. The van der Waals surface area contributed by atoms with E-state index in [4.69, 9.17) is 4.98 Å². The molecular formula is C14H16BrN3S. The maximum absolute atomic E-state index is 4.75. The zero-order valence-electron chi connectivity index (χ0n) is 10.8. The van der Waals surface area contributed by atoms with Crippen LogP contribution < -0.4 is 5.32 Å². The van der Waals surface area contributed by atoms with Crippen molar-refractivity contribution >= 4 is 27.3 Å². The number of aryl methyl sites for hydroxylation is 1. The lowest BCUT2D eigenvalue weighted by molar-refractivity contribution is 0.434. The van der Waals surface area contributed by atoms with Crippen LogP contribution in [-0.2, 0) is 12.8 Å². The maximum atomic E-state index is 4.75. The lowest BCUT2D eigenvalue weighted by atomic mass is 9.87. The van der Waals surface area contributed by atoms with Crippen molar-refractivity contribution in [2.24, 2.45) is 5.92 Å². The summed E-state index contributed by atoms with van der Waals surface area (Å²) in [6.07, 6.45) is 5.42. The molecule has 0 spiro atoms. The third kappa shape index (κ3) is 2.88. The molecule has 1 N–H and O–H groups in total. The van der Waals surface area contributed by atoms with Gasteiger partial charge in [-0.3, -0.25) is 0 Å². The highest BCUT2D eigenvalue weighted by atomic mass is 79.9. The van der Waals surface area contributed by atoms with E-state index in [1.165, 1.54) is 17.7 Å². The molecule has 1 unspecified atom stereocenters. The number of nitrogens with zero attached hydrogens (tertiary/aromatic N) is 2. The molecule has 2 heterocycles. The Bertz CT molecular complexity index is 582. The first-order valence-corrected chi connectivity index (χ1v) is 8.17. The third-order valence-electron chi connectivity index (χ3n) is 3.53. The van der Waals surface area contributed by atoms with Crippen LogP contribution in [0, 0.1) is 5.92 Å². The predicted molar refractivity (Wildman–Crippen MR) is 82.5 cm³/mol. The molecule has 3 nitrogen and oxygen atoms in total. The number of halogens is 1. The van der Waals surface area contributed by atoms with Gasteiger partial charge < -0.3 is 5.32 Å². The van der Waals surface area contributed by atoms with E-state index in [-0.39, 0.29) is 0 Å². The van der Waals surface area contributed by atoms with E-state index >= 15 is 0 Å². The molecule has 3 rings (SSSR count). The molecular weight excluding hydrogens is 322 g/mol. The topological polar surface area (TPSA) is 37.8 Å². The van der Waals surface area contributed by atoms with Gasteiger partial charge in [-0.15, -0.1) is 11.3 Å². The summed E-state index contributed by atoms with van der Waals surface area (Å²) in [6.45, 7) is 1.08. The van der Waals surface area contributed by atoms with Crippen molar-refractivity contribution in [1.29, 1.82) is 0 Å². The molecule has 0 saturated carbocycles. The van der Waals surface area contributed by atoms with Gasteiger partial charge in [0.15, 0.2) is 5.82 Å². The summed E-state index contributed by atoms with van der Waals surface area (Å²) in [7, 11) is 2.02. The number of hydrogen-bond acceptors (Lipinski definition) is 4. The van der Waals surface area contributed by atoms with E-state index in [1.807, 2.05) is 13.2 Å². The normalized spacial score (nSPS) is 18.3. The fraction of sp³-hybridized carbons (Fsp3) is 0.429. The monoisotopic (exact) mass is 337 g/mol. The highest BCUT2D eigenvalue weighted by molar-refractivity contribution is 9.10. The van der Waals surface area contributed by atoms with Crippen molar-refractivity contribution < 1.29 is 0 Å². The van der Waals surface area contributed by atoms with Crippen molar-refractivity contribution in [2.45, 2.75) is 19.3 Å². The quantitative estimate of drug-likeness (QED) is 0.933. The van der Waals surface area contributed by atoms with Crippen molar-refractivity contribution in [1.82, 2.24) is 15.3 Å². The van der Waals surface area contributed by atoms with Crippen LogP contribution in [-0.4, -0.2) is 23.6 Å². The molecule has 0 fully saturated rings. The van der Waals surface area contributed by atoms with Crippen LogP contribution in [0.2, 0.25) is 0 Å². The van der Waals surface area contributed by atoms with Gasteiger partial charge in [-0.25, -0.2) is 9.97 Å². The molecule has 0 aliphatic heterocycles. The molecule has 0 amide bonds. The summed E-state index contributed by atoms with van der Waals surface area (Å²) in [5.74, 6) is 1.59. The summed E-state index contributed by atoms with van der Waals surface area (Å²) in [6, 6.07) is 2.08. The van der Waals surface area contributed by atoms with E-state index < -0.39 is 0 Å². The summed E-state index contributed by atoms with van der Waals surface area (Å²) in [4.78, 5) is 10.4. The minimum absolute atomic E-state index is 0.725. The second kappa shape index (κ2) is 5.69. The number of nitrogens with one attached hydrogen (secondary N) is 1. The van der Waals surface area contributed by atoms with E-state index in [9.17, 15) is 0 Å². The average molecular weight is 338 g/mol. The number of aromatic nitrogens is 2. The largest absolute Gasteiger partial charge is 0.319 e. The Morgan fingerprint density at radius 1 is 1.53 bits per heavy atom. The molecule has 1 atom stereocenters. The maximum Gasteiger partial charge on any atom is 0.169 e. The van der Waals surface area contributed by atoms with Crippen LogP contribution in [0.4, 0.5) is 0 Å². The van der Waals surface area contributed by atoms with Crippen LogP contribution in [0.5, 0.6) is 0 Å². The van der Waals surface area contributed by atoms with Crippen molar-refractivity contribution in [3.8, 4) is 10.7 Å². The fourth-order valence-electron chi connectivity index (χ4n) is 2.59. The molecule has 2 aromatic rings. The Hall–Kier alpha value is -0.780. The number of fused-ring (bicyclic) bond motifs is 1. The van der Waals surface area contributed by atoms with Crippen LogP contribution in [0.15, 0.2) is 22.1 Å². The Kier molecular flexibility index (Phi) is 3.96. The highest BCUT2D eigenvalue weighted by Gasteiger charge is 2.20. The molecule has 19 heavy (non-hydrogen) atoms. The number of thiophene rings is 1.